The fraction of sp³-hybridized carbons (Fsp3) is 0.524. The van der Waals surface area contributed by atoms with Crippen molar-refractivity contribution in [3.63, 3.8) is 0 Å². The summed E-state index contributed by atoms with van der Waals surface area (Å²) in [6.07, 6.45) is 0. The van der Waals surface area contributed by atoms with Gasteiger partial charge in [0, 0.05) is 45.3 Å². The number of pyridine rings is 1. The van der Waals surface area contributed by atoms with Gasteiger partial charge in [0.1, 0.15) is 29.3 Å². The third-order valence-corrected chi connectivity index (χ3v) is 6.24. The van der Waals surface area contributed by atoms with Crippen molar-refractivity contribution >= 4 is 29.1 Å². The molecule has 2 fully saturated rings. The Labute approximate surface area is 182 Å². The van der Waals surface area contributed by atoms with E-state index in [4.69, 9.17) is 16.3 Å². The second-order valence-electron chi connectivity index (χ2n) is 7.65. The summed E-state index contributed by atoms with van der Waals surface area (Å²) in [5.41, 5.74) is 2.12. The van der Waals surface area contributed by atoms with Crippen LogP contribution in [0.3, 0.4) is 0 Å². The van der Waals surface area contributed by atoms with Crippen LogP contribution in [0, 0.1) is 32.1 Å². The Morgan fingerprint density at radius 1 is 0.900 bits per heavy atom. The summed E-state index contributed by atoms with van der Waals surface area (Å²) < 4.78 is 5.46. The van der Waals surface area contributed by atoms with E-state index >= 15 is 0 Å². The number of nitriles is 1. The molecule has 2 aromatic rings. The molecule has 2 saturated heterocycles. The molecule has 0 atom stereocenters. The largest absolute Gasteiger partial charge is 0.378 e. The van der Waals surface area contributed by atoms with Gasteiger partial charge < -0.3 is 19.4 Å². The standard InChI is InChI=1S/C21H26ClN7O/c1-14-17(13-23)21(24-15(2)20(14)22)29-6-4-27(5-7-29)18-12-19(26-16(3)25-18)28-8-10-30-11-9-28/h12H,4-11H2,1-3H3. The number of piperazine rings is 1. The van der Waals surface area contributed by atoms with E-state index in [9.17, 15) is 5.26 Å². The van der Waals surface area contributed by atoms with Crippen molar-refractivity contribution in [1.29, 1.82) is 5.26 Å². The maximum Gasteiger partial charge on any atom is 0.147 e. The molecular weight excluding hydrogens is 402 g/mol. The number of nitrogens with zero attached hydrogens (tertiary/aromatic N) is 7. The summed E-state index contributed by atoms with van der Waals surface area (Å²) in [6, 6.07) is 4.36. The van der Waals surface area contributed by atoms with E-state index in [2.05, 4.69) is 41.8 Å². The van der Waals surface area contributed by atoms with Gasteiger partial charge in [-0.1, -0.05) is 11.6 Å². The smallest absolute Gasteiger partial charge is 0.147 e. The average molecular weight is 428 g/mol. The Kier molecular flexibility index (Phi) is 5.93. The zero-order valence-electron chi connectivity index (χ0n) is 17.7. The van der Waals surface area contributed by atoms with Gasteiger partial charge in [-0.3, -0.25) is 0 Å². The molecule has 30 heavy (non-hydrogen) atoms. The van der Waals surface area contributed by atoms with E-state index in [1.807, 2.05) is 20.8 Å². The molecule has 0 amide bonds. The third kappa shape index (κ3) is 4.00. The lowest BCUT2D eigenvalue weighted by Crippen LogP contribution is -2.47. The molecule has 0 aliphatic carbocycles. The number of hydrogen-bond donors (Lipinski definition) is 0. The van der Waals surface area contributed by atoms with Crippen LogP contribution in [-0.2, 0) is 4.74 Å². The molecule has 0 aromatic carbocycles. The highest BCUT2D eigenvalue weighted by atomic mass is 35.5. The highest BCUT2D eigenvalue weighted by Crippen LogP contribution is 2.30. The Bertz CT molecular complexity index is 976. The fourth-order valence-electron chi connectivity index (χ4n) is 3.98. The number of ether oxygens (including phenoxy) is 1. The molecule has 0 spiro atoms. The zero-order chi connectivity index (χ0) is 21.3. The second kappa shape index (κ2) is 8.62. The van der Waals surface area contributed by atoms with E-state index < -0.39 is 0 Å². The number of hydrogen-bond acceptors (Lipinski definition) is 8. The van der Waals surface area contributed by atoms with Crippen LogP contribution in [0.5, 0.6) is 0 Å². The van der Waals surface area contributed by atoms with E-state index in [1.54, 1.807) is 0 Å². The quantitative estimate of drug-likeness (QED) is 0.738. The lowest BCUT2D eigenvalue weighted by Gasteiger charge is -2.37. The van der Waals surface area contributed by atoms with Crippen LogP contribution in [0.2, 0.25) is 5.02 Å². The molecule has 0 radical (unpaired) electrons. The first-order chi connectivity index (χ1) is 14.5. The SMILES string of the molecule is Cc1nc(N2CCOCC2)cc(N2CCN(c3nc(C)c(Cl)c(C)c3C#N)CC2)n1. The van der Waals surface area contributed by atoms with Crippen LogP contribution in [0.25, 0.3) is 0 Å². The first-order valence-corrected chi connectivity index (χ1v) is 10.6. The second-order valence-corrected chi connectivity index (χ2v) is 8.03. The van der Waals surface area contributed by atoms with Crippen molar-refractivity contribution in [3.8, 4) is 6.07 Å². The van der Waals surface area contributed by atoms with Crippen molar-refractivity contribution in [2.45, 2.75) is 20.8 Å². The van der Waals surface area contributed by atoms with Crippen LogP contribution >= 0.6 is 11.6 Å². The Balaban J connectivity index is 1.52. The lowest BCUT2D eigenvalue weighted by atomic mass is 10.1. The summed E-state index contributed by atoms with van der Waals surface area (Å²) in [4.78, 5) is 20.6. The lowest BCUT2D eigenvalue weighted by molar-refractivity contribution is 0.122. The average Bonchev–Trinajstić information content (AvgIpc) is 2.77. The highest BCUT2D eigenvalue weighted by molar-refractivity contribution is 6.32. The van der Waals surface area contributed by atoms with E-state index in [0.717, 1.165) is 87.0 Å². The molecule has 4 rings (SSSR count). The molecule has 0 saturated carbocycles. The number of morpholine rings is 1. The van der Waals surface area contributed by atoms with Crippen LogP contribution in [0.4, 0.5) is 17.5 Å². The minimum atomic E-state index is 0.562. The van der Waals surface area contributed by atoms with Crippen molar-refractivity contribution in [2.75, 3.05) is 67.2 Å². The van der Waals surface area contributed by atoms with E-state index in [1.165, 1.54) is 0 Å². The van der Waals surface area contributed by atoms with Crippen molar-refractivity contribution in [1.82, 2.24) is 15.0 Å². The number of halogens is 1. The zero-order valence-corrected chi connectivity index (χ0v) is 18.4. The monoisotopic (exact) mass is 427 g/mol. The molecule has 0 unspecified atom stereocenters. The molecule has 158 valence electrons. The first-order valence-electron chi connectivity index (χ1n) is 10.2. The normalized spacial score (nSPS) is 17.2. The van der Waals surface area contributed by atoms with Gasteiger partial charge in [0.05, 0.1) is 29.5 Å². The molecule has 2 aromatic heterocycles. The van der Waals surface area contributed by atoms with Crippen molar-refractivity contribution in [2.24, 2.45) is 0 Å². The Morgan fingerprint density at radius 2 is 1.47 bits per heavy atom. The molecule has 8 nitrogen and oxygen atoms in total. The van der Waals surface area contributed by atoms with Crippen LogP contribution < -0.4 is 14.7 Å². The number of rotatable bonds is 3. The maximum absolute atomic E-state index is 9.64. The van der Waals surface area contributed by atoms with Crippen LogP contribution in [-0.4, -0.2) is 67.4 Å². The number of anilines is 3. The van der Waals surface area contributed by atoms with Gasteiger partial charge in [0.25, 0.3) is 0 Å². The van der Waals surface area contributed by atoms with Crippen LogP contribution in [0.1, 0.15) is 22.6 Å². The predicted octanol–water partition coefficient (Wildman–Crippen LogP) is 2.49. The molecule has 0 N–H and O–H groups in total. The van der Waals surface area contributed by atoms with E-state index in [0.29, 0.717) is 10.6 Å². The van der Waals surface area contributed by atoms with Crippen molar-refractivity contribution < 1.29 is 4.74 Å². The topological polar surface area (TPSA) is 81.4 Å². The first kappa shape index (κ1) is 20.6. The molecule has 0 bridgehead atoms. The summed E-state index contributed by atoms with van der Waals surface area (Å²) in [5.74, 6) is 3.40. The van der Waals surface area contributed by atoms with Gasteiger partial charge >= 0.3 is 0 Å². The minimum absolute atomic E-state index is 0.562. The summed E-state index contributed by atoms with van der Waals surface area (Å²) in [6.45, 7) is 12.0. The van der Waals surface area contributed by atoms with Crippen LogP contribution in [0.15, 0.2) is 6.07 Å². The molecule has 9 heteroatoms. The predicted molar refractivity (Wildman–Crippen MR) is 118 cm³/mol. The number of aromatic nitrogens is 3. The Hall–Kier alpha value is -2.63. The molecule has 2 aliphatic heterocycles. The fourth-order valence-corrected chi connectivity index (χ4v) is 4.11. The molecular formula is C21H26ClN7O. The molecule has 2 aliphatic rings. The summed E-state index contributed by atoms with van der Waals surface area (Å²) >= 11 is 6.30. The van der Waals surface area contributed by atoms with Gasteiger partial charge in [0.15, 0.2) is 0 Å². The van der Waals surface area contributed by atoms with Gasteiger partial charge in [-0.25, -0.2) is 15.0 Å². The van der Waals surface area contributed by atoms with Gasteiger partial charge in [-0.15, -0.1) is 0 Å². The van der Waals surface area contributed by atoms with Gasteiger partial charge in [-0.05, 0) is 26.3 Å². The van der Waals surface area contributed by atoms with E-state index in [-0.39, 0.29) is 0 Å². The molecule has 4 heterocycles. The van der Waals surface area contributed by atoms with Crippen molar-refractivity contribution in [3.05, 3.63) is 33.7 Å². The third-order valence-electron chi connectivity index (χ3n) is 5.68. The summed E-state index contributed by atoms with van der Waals surface area (Å²) in [5, 5.41) is 10.2. The maximum atomic E-state index is 9.64. The van der Waals surface area contributed by atoms with Gasteiger partial charge in [-0.2, -0.15) is 5.26 Å². The summed E-state index contributed by atoms with van der Waals surface area (Å²) in [7, 11) is 0. The minimum Gasteiger partial charge on any atom is -0.378 e. The highest BCUT2D eigenvalue weighted by Gasteiger charge is 2.25. The Morgan fingerprint density at radius 3 is 2.07 bits per heavy atom. The van der Waals surface area contributed by atoms with Gasteiger partial charge in [0.2, 0.25) is 0 Å². The number of aryl methyl sites for hydroxylation is 2.